The Morgan fingerprint density at radius 1 is 1.19 bits per heavy atom. The topological polar surface area (TPSA) is 88.8 Å². The van der Waals surface area contributed by atoms with Crippen LogP contribution in [0.1, 0.15) is 31.6 Å². The van der Waals surface area contributed by atoms with Crippen molar-refractivity contribution in [1.29, 1.82) is 0 Å². The summed E-state index contributed by atoms with van der Waals surface area (Å²) in [5, 5.41) is 2.18. The van der Waals surface area contributed by atoms with Gasteiger partial charge in [0.2, 0.25) is 0 Å². The third-order valence-corrected chi connectivity index (χ3v) is 4.18. The van der Waals surface area contributed by atoms with Crippen molar-refractivity contribution in [2.24, 2.45) is 0 Å². The number of furan rings is 1. The van der Waals surface area contributed by atoms with E-state index in [1.165, 1.54) is 12.3 Å². The molecule has 1 unspecified atom stereocenters. The summed E-state index contributed by atoms with van der Waals surface area (Å²) in [6.07, 6.45) is 3.89. The molecule has 27 heavy (non-hydrogen) atoms. The predicted molar refractivity (Wildman–Crippen MR) is 97.6 cm³/mol. The fourth-order valence-electron chi connectivity index (χ4n) is 2.52. The molecule has 0 aliphatic carbocycles. The molecule has 140 valence electrons. The molecule has 1 fully saturated rings. The maximum Gasteiger partial charge on any atom is 0.331 e. The Morgan fingerprint density at radius 3 is 2.56 bits per heavy atom. The summed E-state index contributed by atoms with van der Waals surface area (Å²) in [5.41, 5.74) is 0.536. The second kappa shape index (κ2) is 7.90. The van der Waals surface area contributed by atoms with Crippen LogP contribution < -0.4 is 10.1 Å². The number of nitrogens with zero attached hydrogens (tertiary/aromatic N) is 1. The van der Waals surface area contributed by atoms with Crippen LogP contribution in [0.2, 0.25) is 0 Å². The van der Waals surface area contributed by atoms with E-state index in [4.69, 9.17) is 9.15 Å². The van der Waals surface area contributed by atoms with Gasteiger partial charge >= 0.3 is 6.03 Å². The van der Waals surface area contributed by atoms with Gasteiger partial charge < -0.3 is 9.15 Å². The predicted octanol–water partition coefficient (Wildman–Crippen LogP) is 3.12. The highest BCUT2D eigenvalue weighted by molar-refractivity contribution is 6.30. The van der Waals surface area contributed by atoms with Gasteiger partial charge in [0.1, 0.15) is 17.1 Å². The molecule has 3 rings (SSSR count). The molecule has 1 N–H and O–H groups in total. The molecule has 7 nitrogen and oxygen atoms in total. The Kier molecular flexibility index (Phi) is 5.40. The van der Waals surface area contributed by atoms with Gasteiger partial charge in [-0.3, -0.25) is 19.8 Å². The molecule has 1 atom stereocenters. The van der Waals surface area contributed by atoms with Crippen LogP contribution in [-0.2, 0) is 16.1 Å². The number of urea groups is 1. The van der Waals surface area contributed by atoms with Crippen molar-refractivity contribution in [1.82, 2.24) is 10.2 Å². The van der Waals surface area contributed by atoms with Crippen molar-refractivity contribution >= 4 is 23.9 Å². The van der Waals surface area contributed by atoms with E-state index < -0.39 is 17.8 Å². The van der Waals surface area contributed by atoms with Crippen molar-refractivity contribution < 1.29 is 23.5 Å². The largest absolute Gasteiger partial charge is 0.491 e. The van der Waals surface area contributed by atoms with Gasteiger partial charge in [-0.1, -0.05) is 19.1 Å². The lowest BCUT2D eigenvalue weighted by atomic mass is 10.1. The van der Waals surface area contributed by atoms with Gasteiger partial charge in [0.25, 0.3) is 11.8 Å². The molecule has 2 aromatic rings. The van der Waals surface area contributed by atoms with Crippen molar-refractivity contribution in [2.45, 2.75) is 32.9 Å². The van der Waals surface area contributed by atoms with E-state index in [0.29, 0.717) is 17.1 Å². The van der Waals surface area contributed by atoms with Crippen LogP contribution in [0.5, 0.6) is 5.75 Å². The number of barbiturate groups is 1. The molecule has 0 radical (unpaired) electrons. The maximum atomic E-state index is 12.6. The molecule has 0 bridgehead atoms. The number of benzene rings is 1. The number of rotatable bonds is 6. The quantitative estimate of drug-likeness (QED) is 0.625. The van der Waals surface area contributed by atoms with Gasteiger partial charge in [-0.15, -0.1) is 0 Å². The van der Waals surface area contributed by atoms with Crippen LogP contribution in [0.4, 0.5) is 4.79 Å². The number of imide groups is 2. The number of nitrogens with one attached hydrogen (secondary N) is 1. The molecule has 0 spiro atoms. The highest BCUT2D eigenvalue weighted by Crippen LogP contribution is 2.20. The lowest BCUT2D eigenvalue weighted by molar-refractivity contribution is -0.130. The zero-order valence-electron chi connectivity index (χ0n) is 15.1. The average Bonchev–Trinajstić information content (AvgIpc) is 3.16. The Morgan fingerprint density at radius 2 is 1.93 bits per heavy atom. The summed E-state index contributed by atoms with van der Waals surface area (Å²) in [6.45, 7) is 3.96. The normalized spacial score (nSPS) is 17.2. The lowest BCUT2D eigenvalue weighted by Crippen LogP contribution is -2.53. The minimum Gasteiger partial charge on any atom is -0.491 e. The summed E-state index contributed by atoms with van der Waals surface area (Å²) >= 11 is 0. The first-order valence-corrected chi connectivity index (χ1v) is 8.66. The van der Waals surface area contributed by atoms with Crippen LogP contribution in [0.15, 0.2) is 52.7 Å². The first-order valence-electron chi connectivity index (χ1n) is 8.66. The van der Waals surface area contributed by atoms with Gasteiger partial charge in [0.05, 0.1) is 18.9 Å². The van der Waals surface area contributed by atoms with Crippen LogP contribution >= 0.6 is 0 Å². The minimum atomic E-state index is -0.768. The number of amides is 4. The zero-order valence-corrected chi connectivity index (χ0v) is 15.1. The summed E-state index contributed by atoms with van der Waals surface area (Å²) in [4.78, 5) is 37.7. The second-order valence-electron chi connectivity index (χ2n) is 6.19. The summed E-state index contributed by atoms with van der Waals surface area (Å²) in [5.74, 6) is -0.236. The summed E-state index contributed by atoms with van der Waals surface area (Å²) < 4.78 is 10.9. The molecule has 1 aliphatic rings. The van der Waals surface area contributed by atoms with Crippen LogP contribution in [0.3, 0.4) is 0 Å². The molecule has 2 heterocycles. The van der Waals surface area contributed by atoms with E-state index in [2.05, 4.69) is 5.32 Å². The number of ether oxygens (including phenoxy) is 1. The molecule has 1 aliphatic heterocycles. The Hall–Kier alpha value is -3.35. The third kappa shape index (κ3) is 4.25. The first kappa shape index (κ1) is 18.4. The van der Waals surface area contributed by atoms with Crippen LogP contribution in [0, 0.1) is 0 Å². The number of carbonyl (C=O) groups is 3. The number of hydrogen-bond acceptors (Lipinski definition) is 5. The molecule has 7 heteroatoms. The molecular formula is C20H20N2O5. The SMILES string of the molecule is CCC(C)Oc1ccc(C=C2C(=O)NC(=O)N(Cc3ccco3)C2=O)cc1. The lowest BCUT2D eigenvalue weighted by Gasteiger charge is -2.25. The van der Waals surface area contributed by atoms with Gasteiger partial charge in [-0.25, -0.2) is 4.79 Å². The fraction of sp³-hybridized carbons (Fsp3) is 0.250. The number of carbonyl (C=O) groups excluding carboxylic acids is 3. The van der Waals surface area contributed by atoms with Crippen molar-refractivity contribution in [3.05, 3.63) is 59.6 Å². The number of hydrogen-bond donors (Lipinski definition) is 1. The van der Waals surface area contributed by atoms with E-state index in [-0.39, 0.29) is 18.2 Å². The van der Waals surface area contributed by atoms with Crippen LogP contribution in [-0.4, -0.2) is 28.8 Å². The van der Waals surface area contributed by atoms with E-state index in [0.717, 1.165) is 11.3 Å². The third-order valence-electron chi connectivity index (χ3n) is 4.18. The highest BCUT2D eigenvalue weighted by Gasteiger charge is 2.36. The van der Waals surface area contributed by atoms with Gasteiger partial charge in [-0.2, -0.15) is 0 Å². The second-order valence-corrected chi connectivity index (χ2v) is 6.19. The Labute approximate surface area is 156 Å². The summed E-state index contributed by atoms with van der Waals surface area (Å²) in [7, 11) is 0. The summed E-state index contributed by atoms with van der Waals surface area (Å²) in [6, 6.07) is 9.58. The monoisotopic (exact) mass is 368 g/mol. The van der Waals surface area contributed by atoms with Crippen molar-refractivity contribution in [3.8, 4) is 5.75 Å². The molecule has 1 saturated heterocycles. The van der Waals surface area contributed by atoms with E-state index in [1.54, 1.807) is 36.4 Å². The maximum absolute atomic E-state index is 12.6. The van der Waals surface area contributed by atoms with E-state index >= 15 is 0 Å². The fourth-order valence-corrected chi connectivity index (χ4v) is 2.52. The van der Waals surface area contributed by atoms with Crippen molar-refractivity contribution in [2.75, 3.05) is 0 Å². The molecule has 4 amide bonds. The standard InChI is InChI=1S/C20H20N2O5/c1-3-13(2)27-15-8-6-14(7-9-15)11-17-18(23)21-20(25)22(19(17)24)12-16-5-4-10-26-16/h4-11,13H,3,12H2,1-2H3,(H,21,23,25). The van der Waals surface area contributed by atoms with E-state index in [9.17, 15) is 14.4 Å². The zero-order chi connectivity index (χ0) is 19.4. The Balaban J connectivity index is 1.80. The first-order chi connectivity index (χ1) is 13.0. The van der Waals surface area contributed by atoms with Gasteiger partial charge in [0, 0.05) is 0 Å². The van der Waals surface area contributed by atoms with Gasteiger partial charge in [-0.05, 0) is 49.2 Å². The van der Waals surface area contributed by atoms with Gasteiger partial charge in [0.15, 0.2) is 0 Å². The molecule has 1 aromatic heterocycles. The molecule has 0 saturated carbocycles. The molecular weight excluding hydrogens is 348 g/mol. The smallest absolute Gasteiger partial charge is 0.331 e. The molecule has 1 aromatic carbocycles. The Bertz CT molecular complexity index is 868. The highest BCUT2D eigenvalue weighted by atomic mass is 16.5. The van der Waals surface area contributed by atoms with Crippen LogP contribution in [0.25, 0.3) is 6.08 Å². The van der Waals surface area contributed by atoms with Crippen molar-refractivity contribution in [3.63, 3.8) is 0 Å². The minimum absolute atomic E-state index is 0.0516. The average molecular weight is 368 g/mol. The van der Waals surface area contributed by atoms with E-state index in [1.807, 2.05) is 13.8 Å².